The maximum atomic E-state index is 13.9. The van der Waals surface area contributed by atoms with Gasteiger partial charge in [0.15, 0.2) is 17.2 Å². The van der Waals surface area contributed by atoms with Crippen LogP contribution < -0.4 is 5.43 Å². The van der Waals surface area contributed by atoms with E-state index in [-0.39, 0.29) is 48.8 Å². The van der Waals surface area contributed by atoms with E-state index < -0.39 is 34.5 Å². The highest BCUT2D eigenvalue weighted by Crippen LogP contribution is 2.23. The number of hydrogen-bond donors (Lipinski definition) is 1. The van der Waals surface area contributed by atoms with Crippen molar-refractivity contribution < 1.29 is 33.0 Å². The van der Waals surface area contributed by atoms with Gasteiger partial charge >= 0.3 is 0 Å². The number of hydrogen-bond acceptors (Lipinski definition) is 7. The summed E-state index contributed by atoms with van der Waals surface area (Å²) in [5.41, 5.74) is -1.58. The Labute approximate surface area is 198 Å². The van der Waals surface area contributed by atoms with Crippen LogP contribution in [0.15, 0.2) is 29.2 Å². The van der Waals surface area contributed by atoms with Crippen LogP contribution in [0, 0.1) is 11.6 Å². The topological polar surface area (TPSA) is 112 Å². The van der Waals surface area contributed by atoms with Crippen LogP contribution in [0.5, 0.6) is 5.75 Å². The summed E-state index contributed by atoms with van der Waals surface area (Å²) in [5.74, 6) is -4.04. The van der Waals surface area contributed by atoms with Crippen molar-refractivity contribution in [2.75, 3.05) is 39.9 Å². The number of nitrogens with zero attached hydrogens (tertiary/aromatic N) is 4. The Kier molecular flexibility index (Phi) is 6.94. The second-order valence-corrected chi connectivity index (χ2v) is 8.33. The molecule has 35 heavy (non-hydrogen) atoms. The Morgan fingerprint density at radius 3 is 2.54 bits per heavy atom. The summed E-state index contributed by atoms with van der Waals surface area (Å²) in [6.45, 7) is 1.50. The van der Waals surface area contributed by atoms with Crippen LogP contribution in [0.3, 0.4) is 0 Å². The first-order chi connectivity index (χ1) is 16.7. The number of Topliss-reactive ketones (excluding diaryl/α,β-unsaturated/α-hetero) is 1. The third kappa shape index (κ3) is 4.93. The number of hydrazine groups is 1. The van der Waals surface area contributed by atoms with Crippen LogP contribution >= 0.6 is 0 Å². The van der Waals surface area contributed by atoms with Crippen molar-refractivity contribution in [3.05, 3.63) is 63.1 Å². The molecule has 186 valence electrons. The van der Waals surface area contributed by atoms with Crippen molar-refractivity contribution in [3.63, 3.8) is 0 Å². The normalized spacial score (nSPS) is 16.4. The van der Waals surface area contributed by atoms with Crippen molar-refractivity contribution in [1.29, 1.82) is 0 Å². The fourth-order valence-electron chi connectivity index (χ4n) is 4.07. The van der Waals surface area contributed by atoms with Gasteiger partial charge < -0.3 is 19.3 Å². The second-order valence-electron chi connectivity index (χ2n) is 8.33. The lowest BCUT2D eigenvalue weighted by Gasteiger charge is -2.38. The zero-order valence-corrected chi connectivity index (χ0v) is 19.0. The molecule has 1 aromatic heterocycles. The predicted octanol–water partition coefficient (Wildman–Crippen LogP) is 0.766. The Hall–Kier alpha value is -3.64. The van der Waals surface area contributed by atoms with E-state index in [4.69, 9.17) is 4.74 Å². The van der Waals surface area contributed by atoms with Gasteiger partial charge in [0.05, 0.1) is 32.0 Å². The van der Waals surface area contributed by atoms with Crippen LogP contribution in [0.1, 0.15) is 32.8 Å². The lowest BCUT2D eigenvalue weighted by atomic mass is 10.0. The van der Waals surface area contributed by atoms with Gasteiger partial charge in [-0.25, -0.2) is 8.78 Å². The van der Waals surface area contributed by atoms with E-state index in [1.807, 2.05) is 0 Å². The quantitative estimate of drug-likeness (QED) is 0.596. The number of amides is 2. The standard InChI is InChI=1S/C23H24F2N4O6/c1-26-23(34)20-22(33)21(32)16(18(30)5-3-14-2-4-15(24)10-17(14)25)11-28(20)13-29(26)12-19(31)27-6-8-35-9-7-27/h2,4,10-11,33H,3,5-9,12-13H2,1H3. The fourth-order valence-corrected chi connectivity index (χ4v) is 4.07. The van der Waals surface area contributed by atoms with Gasteiger partial charge in [0.1, 0.15) is 11.6 Å². The van der Waals surface area contributed by atoms with E-state index in [1.165, 1.54) is 22.7 Å². The summed E-state index contributed by atoms with van der Waals surface area (Å²) >= 11 is 0. The van der Waals surface area contributed by atoms with Crippen molar-refractivity contribution in [3.8, 4) is 5.75 Å². The summed E-state index contributed by atoms with van der Waals surface area (Å²) < 4.78 is 33.5. The molecule has 0 saturated carbocycles. The first-order valence-corrected chi connectivity index (χ1v) is 11.0. The number of ketones is 1. The number of fused-ring (bicyclic) bond motifs is 1. The van der Waals surface area contributed by atoms with Crippen LogP contribution in [0.25, 0.3) is 0 Å². The third-order valence-corrected chi connectivity index (χ3v) is 6.11. The van der Waals surface area contributed by atoms with Gasteiger partial charge in [0, 0.05) is 38.8 Å². The predicted molar refractivity (Wildman–Crippen MR) is 118 cm³/mol. The number of carbonyl (C=O) groups excluding carboxylic acids is 3. The first-order valence-electron chi connectivity index (χ1n) is 11.0. The van der Waals surface area contributed by atoms with Gasteiger partial charge in [0.25, 0.3) is 5.91 Å². The van der Waals surface area contributed by atoms with Crippen LogP contribution in [0.2, 0.25) is 0 Å². The molecule has 0 unspecified atom stereocenters. The third-order valence-electron chi connectivity index (χ3n) is 6.11. The molecule has 1 fully saturated rings. The van der Waals surface area contributed by atoms with E-state index in [9.17, 15) is 33.1 Å². The fraction of sp³-hybridized carbons (Fsp3) is 0.391. The minimum absolute atomic E-state index is 0.0750. The van der Waals surface area contributed by atoms with Gasteiger partial charge in [-0.2, -0.15) is 5.01 Å². The zero-order chi connectivity index (χ0) is 25.3. The van der Waals surface area contributed by atoms with Crippen molar-refractivity contribution in [1.82, 2.24) is 19.5 Å². The highest BCUT2D eigenvalue weighted by molar-refractivity contribution is 5.99. The van der Waals surface area contributed by atoms with E-state index in [1.54, 1.807) is 4.90 Å². The van der Waals surface area contributed by atoms with Crippen LogP contribution in [-0.2, 0) is 22.6 Å². The number of halogens is 2. The maximum Gasteiger partial charge on any atom is 0.288 e. The minimum atomic E-state index is -1.01. The molecule has 1 aromatic carbocycles. The molecule has 4 rings (SSSR count). The zero-order valence-electron chi connectivity index (χ0n) is 19.0. The van der Waals surface area contributed by atoms with Gasteiger partial charge in [-0.15, -0.1) is 0 Å². The lowest BCUT2D eigenvalue weighted by molar-refractivity contribution is -0.141. The molecule has 3 heterocycles. The van der Waals surface area contributed by atoms with E-state index in [2.05, 4.69) is 0 Å². The Bertz CT molecular complexity index is 1240. The molecule has 2 aromatic rings. The number of carbonyl (C=O) groups is 3. The summed E-state index contributed by atoms with van der Waals surface area (Å²) in [6, 6.07) is 2.98. The molecule has 0 spiro atoms. The smallest absolute Gasteiger partial charge is 0.288 e. The van der Waals surface area contributed by atoms with Crippen molar-refractivity contribution >= 4 is 17.6 Å². The van der Waals surface area contributed by atoms with Gasteiger partial charge in [0.2, 0.25) is 11.3 Å². The van der Waals surface area contributed by atoms with E-state index >= 15 is 0 Å². The number of ether oxygens (including phenoxy) is 1. The van der Waals surface area contributed by atoms with Crippen molar-refractivity contribution in [2.24, 2.45) is 0 Å². The van der Waals surface area contributed by atoms with Gasteiger partial charge in [-0.05, 0) is 18.1 Å². The molecule has 1 saturated heterocycles. The number of morpholine rings is 1. The SMILES string of the molecule is CN1C(=O)c2c(O)c(=O)c(C(=O)CCc3ccc(F)cc3F)cn2CN1CC(=O)N1CCOCC1. The Balaban J connectivity index is 1.55. The average Bonchev–Trinajstić information content (AvgIpc) is 2.84. The van der Waals surface area contributed by atoms with E-state index in [0.717, 1.165) is 17.3 Å². The molecule has 0 radical (unpaired) electrons. The van der Waals surface area contributed by atoms with E-state index in [0.29, 0.717) is 32.4 Å². The second kappa shape index (κ2) is 9.92. The van der Waals surface area contributed by atoms with Crippen LogP contribution in [0.4, 0.5) is 8.78 Å². The van der Waals surface area contributed by atoms with Gasteiger partial charge in [-0.3, -0.25) is 24.2 Å². The summed E-state index contributed by atoms with van der Waals surface area (Å²) in [6.07, 6.45) is 0.802. The molecule has 12 heteroatoms. The summed E-state index contributed by atoms with van der Waals surface area (Å²) in [7, 11) is 1.42. The molecular weight excluding hydrogens is 466 g/mol. The Morgan fingerprint density at radius 2 is 1.86 bits per heavy atom. The number of pyridine rings is 1. The summed E-state index contributed by atoms with van der Waals surface area (Å²) in [5, 5.41) is 13.0. The molecular formula is C23H24F2N4O6. The number of aromatic hydroxyl groups is 1. The number of benzene rings is 1. The minimum Gasteiger partial charge on any atom is -0.503 e. The monoisotopic (exact) mass is 490 g/mol. The molecule has 2 aliphatic rings. The largest absolute Gasteiger partial charge is 0.503 e. The highest BCUT2D eigenvalue weighted by atomic mass is 19.1. The molecule has 10 nitrogen and oxygen atoms in total. The lowest BCUT2D eigenvalue weighted by Crippen LogP contribution is -2.55. The molecule has 0 bridgehead atoms. The average molecular weight is 490 g/mol. The van der Waals surface area contributed by atoms with Crippen molar-refractivity contribution in [2.45, 2.75) is 19.5 Å². The molecule has 2 aliphatic heterocycles. The molecule has 1 N–H and O–H groups in total. The summed E-state index contributed by atoms with van der Waals surface area (Å²) in [4.78, 5) is 52.6. The van der Waals surface area contributed by atoms with Crippen LogP contribution in [-0.4, -0.2) is 82.1 Å². The highest BCUT2D eigenvalue weighted by Gasteiger charge is 2.34. The first kappa shape index (κ1) is 24.5. The number of rotatable bonds is 6. The molecule has 0 atom stereocenters. The molecule has 2 amide bonds. The number of aromatic nitrogens is 1. The maximum absolute atomic E-state index is 13.9. The Morgan fingerprint density at radius 1 is 1.14 bits per heavy atom. The molecule has 0 aliphatic carbocycles. The number of aryl methyl sites for hydroxylation is 1. The van der Waals surface area contributed by atoms with Gasteiger partial charge in [-0.1, -0.05) is 6.07 Å².